The number of hydrogen-bond donors (Lipinski definition) is 0. The van der Waals surface area contributed by atoms with Gasteiger partial charge in [0, 0.05) is 11.6 Å². The van der Waals surface area contributed by atoms with E-state index >= 15 is 0 Å². The van der Waals surface area contributed by atoms with Gasteiger partial charge in [-0.15, -0.1) is 0 Å². The Morgan fingerprint density at radius 3 is 2.28 bits per heavy atom. The van der Waals surface area contributed by atoms with Crippen LogP contribution >= 0.6 is 0 Å². The molecule has 0 aliphatic heterocycles. The van der Waals surface area contributed by atoms with E-state index in [2.05, 4.69) is 4.98 Å². The number of para-hydroxylation sites is 1. The van der Waals surface area contributed by atoms with Crippen LogP contribution in [0.2, 0.25) is 0 Å². The Morgan fingerprint density at radius 2 is 1.64 bits per heavy atom. The van der Waals surface area contributed by atoms with Crippen LogP contribution < -0.4 is 9.47 Å². The number of aromatic nitrogens is 1. The number of nitrogens with zero attached hydrogens (tertiary/aromatic N) is 1. The van der Waals surface area contributed by atoms with E-state index in [9.17, 15) is 18.0 Å². The quantitative estimate of drug-likeness (QED) is 0.637. The van der Waals surface area contributed by atoms with Crippen LogP contribution in [-0.4, -0.2) is 24.1 Å². The van der Waals surface area contributed by atoms with Crippen molar-refractivity contribution in [3.63, 3.8) is 0 Å². The molecule has 1 heterocycles. The lowest BCUT2D eigenvalue weighted by atomic mass is 10.1. The summed E-state index contributed by atoms with van der Waals surface area (Å²) in [5.41, 5.74) is -0.216. The summed E-state index contributed by atoms with van der Waals surface area (Å²) < 4.78 is 49.4. The molecule has 4 nitrogen and oxygen atoms in total. The number of benzene rings is 2. The molecule has 0 saturated carbocycles. The second kappa shape index (κ2) is 6.43. The van der Waals surface area contributed by atoms with Crippen LogP contribution in [0, 0.1) is 0 Å². The second-order valence-electron chi connectivity index (χ2n) is 5.12. The summed E-state index contributed by atoms with van der Waals surface area (Å²) in [7, 11) is 1.49. The van der Waals surface area contributed by atoms with E-state index in [0.29, 0.717) is 16.7 Å². The molecule has 128 valence electrons. The molecule has 0 saturated heterocycles. The zero-order chi connectivity index (χ0) is 18.0. The third-order valence-electron chi connectivity index (χ3n) is 3.51. The van der Waals surface area contributed by atoms with Crippen molar-refractivity contribution >= 4 is 16.7 Å². The molecule has 0 amide bonds. The Hall–Kier alpha value is -3.09. The number of methoxy groups -OCH3 is 1. The molecule has 0 bridgehead atoms. The maximum absolute atomic E-state index is 12.9. The largest absolute Gasteiger partial charge is 0.497 e. The van der Waals surface area contributed by atoms with Gasteiger partial charge in [-0.05, 0) is 36.4 Å². The number of pyridine rings is 1. The Labute approximate surface area is 140 Å². The van der Waals surface area contributed by atoms with Crippen LogP contribution in [0.5, 0.6) is 17.2 Å². The van der Waals surface area contributed by atoms with Crippen LogP contribution in [0.25, 0.3) is 10.9 Å². The zero-order valence-corrected chi connectivity index (χ0v) is 13.0. The van der Waals surface area contributed by atoms with Gasteiger partial charge in [-0.25, -0.2) is 0 Å². The minimum absolute atomic E-state index is 0.182. The average molecular weight is 347 g/mol. The maximum atomic E-state index is 12.9. The molecule has 0 aliphatic carbocycles. The number of rotatable bonds is 4. The molecule has 0 spiro atoms. The fraction of sp³-hybridized carbons (Fsp3) is 0.111. The summed E-state index contributed by atoms with van der Waals surface area (Å²) in [6, 6.07) is 12.8. The topological polar surface area (TPSA) is 48.4 Å². The van der Waals surface area contributed by atoms with E-state index in [-0.39, 0.29) is 11.5 Å². The highest BCUT2D eigenvalue weighted by Crippen LogP contribution is 2.36. The molecule has 1 aromatic heterocycles. The van der Waals surface area contributed by atoms with Crippen molar-refractivity contribution in [2.45, 2.75) is 6.18 Å². The minimum Gasteiger partial charge on any atom is -0.497 e. The number of carbonyl (C=O) groups excluding carboxylic acids is 1. The zero-order valence-electron chi connectivity index (χ0n) is 13.0. The minimum atomic E-state index is -5.03. The van der Waals surface area contributed by atoms with Crippen molar-refractivity contribution in [1.29, 1.82) is 0 Å². The second-order valence-corrected chi connectivity index (χ2v) is 5.12. The van der Waals surface area contributed by atoms with Crippen LogP contribution in [0.4, 0.5) is 13.2 Å². The van der Waals surface area contributed by atoms with Gasteiger partial charge in [0.25, 0.3) is 5.78 Å². The van der Waals surface area contributed by atoms with Crippen LogP contribution in [0.3, 0.4) is 0 Å². The molecule has 0 atom stereocenters. The molecule has 7 heteroatoms. The third-order valence-corrected chi connectivity index (χ3v) is 3.51. The van der Waals surface area contributed by atoms with Crippen molar-refractivity contribution in [1.82, 2.24) is 4.98 Å². The summed E-state index contributed by atoms with van der Waals surface area (Å²) in [6.07, 6.45) is -4.14. The first-order valence-electron chi connectivity index (χ1n) is 7.21. The van der Waals surface area contributed by atoms with Gasteiger partial charge in [-0.2, -0.15) is 13.2 Å². The van der Waals surface area contributed by atoms with Crippen LogP contribution in [-0.2, 0) is 0 Å². The van der Waals surface area contributed by atoms with Gasteiger partial charge in [0.15, 0.2) is 0 Å². The number of ether oxygens (including phenoxy) is 2. The number of halogens is 3. The molecule has 0 fully saturated rings. The molecule has 25 heavy (non-hydrogen) atoms. The Morgan fingerprint density at radius 1 is 1.00 bits per heavy atom. The van der Waals surface area contributed by atoms with Crippen molar-refractivity contribution < 1.29 is 27.4 Å². The van der Waals surface area contributed by atoms with Gasteiger partial charge in [-0.3, -0.25) is 9.78 Å². The van der Waals surface area contributed by atoms with Gasteiger partial charge in [0.05, 0.1) is 18.2 Å². The first-order chi connectivity index (χ1) is 11.9. The van der Waals surface area contributed by atoms with Crippen molar-refractivity contribution in [2.24, 2.45) is 0 Å². The third kappa shape index (κ3) is 3.40. The molecule has 0 N–H and O–H groups in total. The monoisotopic (exact) mass is 347 g/mol. The maximum Gasteiger partial charge on any atom is 0.455 e. The Kier molecular flexibility index (Phi) is 4.31. The summed E-state index contributed by atoms with van der Waals surface area (Å²) in [4.78, 5) is 15.7. The summed E-state index contributed by atoms with van der Waals surface area (Å²) in [6.45, 7) is 0. The first-order valence-corrected chi connectivity index (χ1v) is 7.21. The Bertz CT molecular complexity index is 921. The number of hydrogen-bond acceptors (Lipinski definition) is 4. The fourth-order valence-corrected chi connectivity index (χ4v) is 2.30. The summed E-state index contributed by atoms with van der Waals surface area (Å²) in [5, 5.41) is 0.313. The lowest BCUT2D eigenvalue weighted by Gasteiger charge is -2.14. The molecule has 0 aliphatic rings. The smallest absolute Gasteiger partial charge is 0.455 e. The molecule has 3 rings (SSSR count). The molecule has 2 aromatic carbocycles. The van der Waals surface area contributed by atoms with E-state index < -0.39 is 17.5 Å². The predicted molar refractivity (Wildman–Crippen MR) is 85.2 cm³/mol. The van der Waals surface area contributed by atoms with Crippen molar-refractivity contribution in [2.75, 3.05) is 7.11 Å². The van der Waals surface area contributed by atoms with Gasteiger partial charge in [0.1, 0.15) is 17.2 Å². The van der Waals surface area contributed by atoms with Crippen LogP contribution in [0.1, 0.15) is 10.4 Å². The molecule has 3 aromatic rings. The Balaban J connectivity index is 2.13. The lowest BCUT2D eigenvalue weighted by molar-refractivity contribution is -0.0886. The number of carbonyl (C=O) groups is 1. The van der Waals surface area contributed by atoms with E-state index in [1.165, 1.54) is 19.2 Å². The first kappa shape index (κ1) is 16.8. The highest BCUT2D eigenvalue weighted by atomic mass is 19.4. The predicted octanol–water partition coefficient (Wildman–Crippen LogP) is 4.78. The highest BCUT2D eigenvalue weighted by Gasteiger charge is 2.41. The standard InChI is InChI=1S/C18H12F3NO3/c1-24-11-6-8-12(9-7-11)25-16-13-4-2-3-5-15(13)22-10-14(16)17(23)18(19,20)21/h2-10H,1H3. The molecule has 0 radical (unpaired) electrons. The van der Waals surface area contributed by atoms with Crippen LogP contribution in [0.15, 0.2) is 54.7 Å². The number of Topliss-reactive ketones (excluding diaryl/α,β-unsaturated/α-hetero) is 1. The molecular weight excluding hydrogens is 335 g/mol. The molecule has 0 unspecified atom stereocenters. The number of fused-ring (bicyclic) bond motifs is 1. The van der Waals surface area contributed by atoms with Gasteiger partial charge >= 0.3 is 6.18 Å². The van der Waals surface area contributed by atoms with E-state index in [1.807, 2.05) is 0 Å². The van der Waals surface area contributed by atoms with E-state index in [0.717, 1.165) is 6.20 Å². The fourth-order valence-electron chi connectivity index (χ4n) is 2.30. The summed E-state index contributed by atoms with van der Waals surface area (Å²) in [5.74, 6) is -1.35. The van der Waals surface area contributed by atoms with Gasteiger partial charge in [-0.1, -0.05) is 12.1 Å². The SMILES string of the molecule is COc1ccc(Oc2c(C(=O)C(F)(F)F)cnc3ccccc23)cc1. The highest BCUT2D eigenvalue weighted by molar-refractivity contribution is 6.06. The normalized spacial score (nSPS) is 11.4. The van der Waals surface area contributed by atoms with Gasteiger partial charge in [0.2, 0.25) is 0 Å². The number of alkyl halides is 3. The van der Waals surface area contributed by atoms with Crippen molar-refractivity contribution in [3.8, 4) is 17.2 Å². The average Bonchev–Trinajstić information content (AvgIpc) is 2.61. The summed E-state index contributed by atoms with van der Waals surface area (Å²) >= 11 is 0. The lowest BCUT2D eigenvalue weighted by Crippen LogP contribution is -2.23. The van der Waals surface area contributed by atoms with E-state index in [1.54, 1.807) is 36.4 Å². The van der Waals surface area contributed by atoms with E-state index in [4.69, 9.17) is 9.47 Å². The van der Waals surface area contributed by atoms with Crippen molar-refractivity contribution in [3.05, 3.63) is 60.3 Å². The molecular formula is C18H12F3NO3. The van der Waals surface area contributed by atoms with Gasteiger partial charge < -0.3 is 9.47 Å². The number of ketones is 1.